The molecule has 2 aliphatic rings. The summed E-state index contributed by atoms with van der Waals surface area (Å²) in [5, 5.41) is 2.91. The van der Waals surface area contributed by atoms with Gasteiger partial charge in [0.05, 0.1) is 13.1 Å². The van der Waals surface area contributed by atoms with Crippen molar-refractivity contribution >= 4 is 11.9 Å². The Morgan fingerprint density at radius 1 is 1.13 bits per heavy atom. The van der Waals surface area contributed by atoms with Gasteiger partial charge in [0, 0.05) is 0 Å². The molecule has 2 saturated heterocycles. The Morgan fingerprint density at radius 2 is 1.83 bits per heavy atom. The van der Waals surface area contributed by atoms with Crippen molar-refractivity contribution in [2.75, 3.05) is 19.8 Å². The molecule has 1 atom stereocenters. The van der Waals surface area contributed by atoms with Gasteiger partial charge in [0.2, 0.25) is 0 Å². The van der Waals surface area contributed by atoms with E-state index in [4.69, 9.17) is 0 Å². The molecule has 5 heteroatoms. The van der Waals surface area contributed by atoms with Crippen molar-refractivity contribution in [2.24, 2.45) is 0 Å². The molecule has 3 rings (SSSR count). The van der Waals surface area contributed by atoms with Crippen LogP contribution in [0.4, 0.5) is 4.79 Å². The normalized spacial score (nSPS) is 25.7. The van der Waals surface area contributed by atoms with Crippen LogP contribution >= 0.6 is 0 Å². The van der Waals surface area contributed by atoms with E-state index in [1.54, 1.807) is 0 Å². The number of amides is 3. The van der Waals surface area contributed by atoms with E-state index >= 15 is 0 Å². The first-order valence-corrected chi connectivity index (χ1v) is 8.60. The average Bonchev–Trinajstić information content (AvgIpc) is 2.79. The minimum absolute atomic E-state index is 0.0727. The number of quaternary nitrogens is 1. The Morgan fingerprint density at radius 3 is 2.52 bits per heavy atom. The molecular weight excluding hydrogens is 290 g/mol. The molecular formula is C18H26N3O2+. The first kappa shape index (κ1) is 16.0. The molecule has 0 bridgehead atoms. The minimum atomic E-state index is -0.776. The van der Waals surface area contributed by atoms with Crippen LogP contribution in [-0.4, -0.2) is 42.1 Å². The number of hydrogen-bond acceptors (Lipinski definition) is 2. The summed E-state index contributed by atoms with van der Waals surface area (Å²) in [7, 11) is 0. The van der Waals surface area contributed by atoms with Crippen molar-refractivity contribution < 1.29 is 14.5 Å². The fraction of sp³-hybridized carbons (Fsp3) is 0.556. The van der Waals surface area contributed by atoms with Crippen LogP contribution < -0.4 is 10.2 Å². The number of rotatable bonds is 5. The molecule has 124 valence electrons. The number of hydrogen-bond donors (Lipinski definition) is 2. The maximum absolute atomic E-state index is 12.8. The lowest BCUT2D eigenvalue weighted by molar-refractivity contribution is -0.912. The van der Waals surface area contributed by atoms with Gasteiger partial charge in [-0.25, -0.2) is 9.69 Å². The largest absolute Gasteiger partial charge is 0.329 e. The molecule has 0 aromatic heterocycles. The highest BCUT2D eigenvalue weighted by Crippen LogP contribution is 2.22. The van der Waals surface area contributed by atoms with Gasteiger partial charge in [0.25, 0.3) is 5.91 Å². The van der Waals surface area contributed by atoms with E-state index in [0.29, 0.717) is 13.1 Å². The third-order valence-electron chi connectivity index (χ3n) is 5.04. The highest BCUT2D eigenvalue weighted by Gasteiger charge is 2.48. The molecule has 2 heterocycles. The van der Waals surface area contributed by atoms with E-state index in [1.807, 2.05) is 25.1 Å². The fourth-order valence-corrected chi connectivity index (χ4v) is 3.53. The maximum Gasteiger partial charge on any atom is 0.329 e. The molecule has 0 aliphatic carbocycles. The second kappa shape index (κ2) is 6.71. The predicted octanol–water partition coefficient (Wildman–Crippen LogP) is 0.956. The van der Waals surface area contributed by atoms with Crippen LogP contribution in [0.1, 0.15) is 38.2 Å². The summed E-state index contributed by atoms with van der Waals surface area (Å²) in [6.07, 6.45) is 5.05. The Kier molecular flexibility index (Phi) is 4.66. The standard InChI is InChI=1S/C18H25N3O2/c1-18(11-10-15-8-4-2-5-9-15)16(22)21(17(23)19-18)14-20-12-6-3-7-13-20/h2,4-5,8-9H,3,6-7,10-14H2,1H3,(H,19,23)/p+1/t18-/m0/s1. The monoisotopic (exact) mass is 316 g/mol. The SMILES string of the molecule is C[C@@]1(CCc2ccccc2)NC(=O)N(C[NH+]2CCCCC2)C1=O. The highest BCUT2D eigenvalue weighted by molar-refractivity contribution is 6.06. The fourth-order valence-electron chi connectivity index (χ4n) is 3.53. The molecule has 2 fully saturated rings. The number of nitrogens with one attached hydrogen (secondary N) is 2. The van der Waals surface area contributed by atoms with Gasteiger partial charge in [-0.1, -0.05) is 30.3 Å². The van der Waals surface area contributed by atoms with Crippen LogP contribution in [0.15, 0.2) is 30.3 Å². The second-order valence-corrected chi connectivity index (χ2v) is 6.95. The molecule has 23 heavy (non-hydrogen) atoms. The molecule has 2 aliphatic heterocycles. The zero-order chi connectivity index (χ0) is 16.3. The first-order chi connectivity index (χ1) is 11.1. The summed E-state index contributed by atoms with van der Waals surface area (Å²) in [5.74, 6) is -0.0727. The van der Waals surface area contributed by atoms with Gasteiger partial charge in [-0.2, -0.15) is 0 Å². The molecule has 0 radical (unpaired) electrons. The maximum atomic E-state index is 12.8. The Labute approximate surface area is 137 Å². The van der Waals surface area contributed by atoms with E-state index in [-0.39, 0.29) is 11.9 Å². The quantitative estimate of drug-likeness (QED) is 0.795. The summed E-state index contributed by atoms with van der Waals surface area (Å²) < 4.78 is 0. The van der Waals surface area contributed by atoms with E-state index in [9.17, 15) is 9.59 Å². The molecule has 1 aromatic carbocycles. The zero-order valence-corrected chi connectivity index (χ0v) is 13.8. The van der Waals surface area contributed by atoms with Gasteiger partial charge in [-0.05, 0) is 44.6 Å². The first-order valence-electron chi connectivity index (χ1n) is 8.60. The number of carbonyl (C=O) groups excluding carboxylic acids is 2. The highest BCUT2D eigenvalue weighted by atomic mass is 16.2. The number of likely N-dealkylation sites (tertiary alicyclic amines) is 1. The van der Waals surface area contributed by atoms with Crippen molar-refractivity contribution in [3.05, 3.63) is 35.9 Å². The van der Waals surface area contributed by atoms with Gasteiger partial charge in [0.15, 0.2) is 6.67 Å². The smallest absolute Gasteiger partial charge is 0.323 e. The van der Waals surface area contributed by atoms with Gasteiger partial charge in [-0.3, -0.25) is 4.79 Å². The van der Waals surface area contributed by atoms with Gasteiger partial charge in [-0.15, -0.1) is 0 Å². The van der Waals surface area contributed by atoms with Crippen molar-refractivity contribution in [2.45, 2.75) is 44.6 Å². The van der Waals surface area contributed by atoms with Crippen molar-refractivity contribution in [1.82, 2.24) is 10.2 Å². The number of imide groups is 1. The molecule has 2 N–H and O–H groups in total. The van der Waals surface area contributed by atoms with E-state index in [0.717, 1.165) is 19.5 Å². The molecule has 3 amide bonds. The molecule has 5 nitrogen and oxygen atoms in total. The number of piperidine rings is 1. The summed E-state index contributed by atoms with van der Waals surface area (Å²) in [6, 6.07) is 9.86. The third-order valence-corrected chi connectivity index (χ3v) is 5.04. The lowest BCUT2D eigenvalue weighted by Gasteiger charge is -2.27. The van der Waals surface area contributed by atoms with Gasteiger partial charge < -0.3 is 10.2 Å². The van der Waals surface area contributed by atoms with Gasteiger partial charge >= 0.3 is 6.03 Å². The van der Waals surface area contributed by atoms with Crippen LogP contribution in [0.5, 0.6) is 0 Å². The Bertz CT molecular complexity index is 569. The van der Waals surface area contributed by atoms with Gasteiger partial charge in [0.1, 0.15) is 5.54 Å². The topological polar surface area (TPSA) is 53.9 Å². The number of benzene rings is 1. The van der Waals surface area contributed by atoms with E-state index in [2.05, 4.69) is 17.4 Å². The number of carbonyl (C=O) groups is 2. The van der Waals surface area contributed by atoms with Crippen molar-refractivity contribution in [3.63, 3.8) is 0 Å². The van der Waals surface area contributed by atoms with Crippen molar-refractivity contribution in [3.8, 4) is 0 Å². The summed E-state index contributed by atoms with van der Waals surface area (Å²) in [5.41, 5.74) is 0.415. The summed E-state index contributed by atoms with van der Waals surface area (Å²) >= 11 is 0. The second-order valence-electron chi connectivity index (χ2n) is 6.95. The minimum Gasteiger partial charge on any atom is -0.323 e. The zero-order valence-electron chi connectivity index (χ0n) is 13.8. The molecule has 0 saturated carbocycles. The van der Waals surface area contributed by atoms with Crippen LogP contribution in [0, 0.1) is 0 Å². The Hall–Kier alpha value is -1.88. The number of urea groups is 1. The molecule has 0 spiro atoms. The van der Waals surface area contributed by atoms with Crippen molar-refractivity contribution in [1.29, 1.82) is 0 Å². The molecule has 1 aromatic rings. The van der Waals surface area contributed by atoms with Crippen LogP contribution in [0.2, 0.25) is 0 Å². The summed E-state index contributed by atoms with van der Waals surface area (Å²) in [4.78, 5) is 27.8. The summed E-state index contributed by atoms with van der Waals surface area (Å²) in [6.45, 7) is 4.46. The van der Waals surface area contributed by atoms with Crippen LogP contribution in [0.25, 0.3) is 0 Å². The third kappa shape index (κ3) is 3.55. The van der Waals surface area contributed by atoms with E-state index in [1.165, 1.54) is 34.6 Å². The van der Waals surface area contributed by atoms with Crippen LogP contribution in [-0.2, 0) is 11.2 Å². The Balaban J connectivity index is 1.62. The van der Waals surface area contributed by atoms with E-state index < -0.39 is 5.54 Å². The predicted molar refractivity (Wildman–Crippen MR) is 88.0 cm³/mol. The lowest BCUT2D eigenvalue weighted by atomic mass is 9.93. The number of aryl methyl sites for hydroxylation is 1. The average molecular weight is 316 g/mol. The lowest BCUT2D eigenvalue weighted by Crippen LogP contribution is -3.14. The number of nitrogens with zero attached hydrogens (tertiary/aromatic N) is 1. The van der Waals surface area contributed by atoms with Crippen LogP contribution in [0.3, 0.4) is 0 Å². The molecule has 0 unspecified atom stereocenters.